The number of benzene rings is 3. The Morgan fingerprint density at radius 2 is 1.73 bits per heavy atom. The molecule has 3 aromatic carbocycles. The number of rotatable bonds is 8. The molecule has 2 unspecified atom stereocenters. The molecule has 0 fully saturated rings. The molecule has 4 aromatic rings. The number of H-pyrrole nitrogens is 1. The topological polar surface area (TPSA) is 61.5 Å². The van der Waals surface area contributed by atoms with E-state index in [0.29, 0.717) is 6.54 Å². The SMILES string of the molecule is COC(=O)C(c1ccccc1)C1Cc2ccccc2N(Cc2[nH]cnc2C)N(CCc2ccccc2)C1. The maximum Gasteiger partial charge on any atom is 0.313 e. The van der Waals surface area contributed by atoms with Crippen LogP contribution in [0.1, 0.15) is 34.0 Å². The fraction of sp³-hybridized carbons (Fsp3) is 0.290. The highest BCUT2D eigenvalue weighted by atomic mass is 16.5. The monoisotopic (exact) mass is 494 g/mol. The van der Waals surface area contributed by atoms with Crippen molar-refractivity contribution >= 4 is 11.7 Å². The van der Waals surface area contributed by atoms with Gasteiger partial charge in [-0.2, -0.15) is 0 Å². The number of aryl methyl sites for hydroxylation is 1. The molecule has 37 heavy (non-hydrogen) atoms. The molecule has 1 N–H and O–H groups in total. The lowest BCUT2D eigenvalue weighted by Crippen LogP contribution is -2.46. The number of aromatic amines is 1. The maximum absolute atomic E-state index is 13.2. The summed E-state index contributed by atoms with van der Waals surface area (Å²) in [5, 5.41) is 4.79. The normalized spacial score (nSPS) is 16.6. The van der Waals surface area contributed by atoms with E-state index < -0.39 is 0 Å². The van der Waals surface area contributed by atoms with Gasteiger partial charge in [0.15, 0.2) is 0 Å². The number of anilines is 1. The zero-order valence-corrected chi connectivity index (χ0v) is 21.5. The molecule has 6 nitrogen and oxygen atoms in total. The van der Waals surface area contributed by atoms with Crippen molar-refractivity contribution in [1.82, 2.24) is 15.0 Å². The number of carbonyl (C=O) groups excluding carboxylic acids is 1. The standard InChI is InChI=1S/C31H34N4O2/c1-23-28(33-22-32-23)21-35-29-16-10-9-15-26(29)19-27(20-34(35)18-17-24-11-5-3-6-12-24)30(31(36)37-2)25-13-7-4-8-14-25/h3-16,22,27,30H,17-21H2,1-2H3,(H,32,33). The molecule has 5 rings (SSSR count). The van der Waals surface area contributed by atoms with Gasteiger partial charge in [-0.3, -0.25) is 9.80 Å². The van der Waals surface area contributed by atoms with Gasteiger partial charge in [-0.15, -0.1) is 0 Å². The third kappa shape index (κ3) is 5.59. The van der Waals surface area contributed by atoms with Crippen LogP contribution in [-0.4, -0.2) is 41.1 Å². The minimum Gasteiger partial charge on any atom is -0.469 e. The Hall–Kier alpha value is -3.90. The first-order chi connectivity index (χ1) is 18.1. The molecular weight excluding hydrogens is 460 g/mol. The lowest BCUT2D eigenvalue weighted by Gasteiger charge is -2.37. The highest BCUT2D eigenvalue weighted by Crippen LogP contribution is 2.37. The van der Waals surface area contributed by atoms with E-state index in [0.717, 1.165) is 42.9 Å². The number of ether oxygens (including phenoxy) is 1. The summed E-state index contributed by atoms with van der Waals surface area (Å²) in [6.07, 6.45) is 3.45. The van der Waals surface area contributed by atoms with Crippen molar-refractivity contribution in [3.8, 4) is 0 Å². The van der Waals surface area contributed by atoms with Crippen LogP contribution in [0.2, 0.25) is 0 Å². The number of esters is 1. The molecular formula is C31H34N4O2. The molecule has 0 saturated carbocycles. The number of nitrogens with zero attached hydrogens (tertiary/aromatic N) is 3. The number of nitrogens with one attached hydrogen (secondary N) is 1. The van der Waals surface area contributed by atoms with Crippen molar-refractivity contribution in [2.45, 2.75) is 32.2 Å². The molecule has 1 aromatic heterocycles. The van der Waals surface area contributed by atoms with Crippen molar-refractivity contribution in [2.75, 3.05) is 25.2 Å². The molecule has 0 bridgehead atoms. The minimum atomic E-state index is -0.354. The maximum atomic E-state index is 13.2. The van der Waals surface area contributed by atoms with Crippen LogP contribution in [0.25, 0.3) is 0 Å². The van der Waals surface area contributed by atoms with Gasteiger partial charge in [-0.05, 0) is 48.4 Å². The van der Waals surface area contributed by atoms with E-state index in [9.17, 15) is 4.79 Å². The number of hydrogen-bond acceptors (Lipinski definition) is 5. The van der Waals surface area contributed by atoms with Crippen LogP contribution in [0.15, 0.2) is 91.3 Å². The fourth-order valence-electron chi connectivity index (χ4n) is 5.41. The van der Waals surface area contributed by atoms with Crippen molar-refractivity contribution < 1.29 is 9.53 Å². The Morgan fingerprint density at radius 1 is 1.03 bits per heavy atom. The molecule has 0 amide bonds. The zero-order valence-electron chi connectivity index (χ0n) is 21.5. The summed E-state index contributed by atoms with van der Waals surface area (Å²) >= 11 is 0. The zero-order chi connectivity index (χ0) is 25.6. The number of para-hydroxylation sites is 1. The Balaban J connectivity index is 1.55. The van der Waals surface area contributed by atoms with Crippen LogP contribution in [0, 0.1) is 12.8 Å². The number of hydrogen-bond donors (Lipinski definition) is 1. The number of methoxy groups -OCH3 is 1. The quantitative estimate of drug-likeness (QED) is 0.336. The average molecular weight is 495 g/mol. The van der Waals surface area contributed by atoms with Crippen molar-refractivity contribution in [3.05, 3.63) is 119 Å². The van der Waals surface area contributed by atoms with Gasteiger partial charge < -0.3 is 9.72 Å². The Labute approximate surface area is 218 Å². The highest BCUT2D eigenvalue weighted by Gasteiger charge is 2.37. The van der Waals surface area contributed by atoms with Crippen LogP contribution in [0.3, 0.4) is 0 Å². The van der Waals surface area contributed by atoms with Gasteiger partial charge >= 0.3 is 5.97 Å². The summed E-state index contributed by atoms with van der Waals surface area (Å²) in [5.41, 5.74) is 6.78. The van der Waals surface area contributed by atoms with Crippen LogP contribution in [0.5, 0.6) is 0 Å². The Kier molecular flexibility index (Phi) is 7.66. The summed E-state index contributed by atoms with van der Waals surface area (Å²) in [5.74, 6) is -0.499. The molecule has 1 aliphatic heterocycles. The van der Waals surface area contributed by atoms with E-state index >= 15 is 0 Å². The van der Waals surface area contributed by atoms with E-state index in [1.54, 1.807) is 6.33 Å². The van der Waals surface area contributed by atoms with Crippen molar-refractivity contribution in [1.29, 1.82) is 0 Å². The number of fused-ring (bicyclic) bond motifs is 1. The molecule has 190 valence electrons. The molecule has 2 heterocycles. The molecule has 0 radical (unpaired) electrons. The van der Waals surface area contributed by atoms with Gasteiger partial charge in [-0.25, -0.2) is 9.99 Å². The fourth-order valence-corrected chi connectivity index (χ4v) is 5.41. The van der Waals surface area contributed by atoms with Crippen LogP contribution >= 0.6 is 0 Å². The summed E-state index contributed by atoms with van der Waals surface area (Å²) in [7, 11) is 1.49. The molecule has 0 aliphatic carbocycles. The van der Waals surface area contributed by atoms with E-state index in [4.69, 9.17) is 4.74 Å². The van der Waals surface area contributed by atoms with Gasteiger partial charge in [0.1, 0.15) is 0 Å². The lowest BCUT2D eigenvalue weighted by molar-refractivity contribution is -0.144. The summed E-state index contributed by atoms with van der Waals surface area (Å²) in [6.45, 7) is 4.27. The predicted molar refractivity (Wildman–Crippen MR) is 146 cm³/mol. The van der Waals surface area contributed by atoms with Gasteiger partial charge in [0, 0.05) is 13.1 Å². The first-order valence-electron chi connectivity index (χ1n) is 12.9. The minimum absolute atomic E-state index is 0.0413. The first-order valence-corrected chi connectivity index (χ1v) is 12.9. The average Bonchev–Trinajstić information content (AvgIpc) is 3.28. The largest absolute Gasteiger partial charge is 0.469 e. The second-order valence-corrected chi connectivity index (χ2v) is 9.68. The molecule has 0 saturated heterocycles. The summed E-state index contributed by atoms with van der Waals surface area (Å²) in [4.78, 5) is 21.0. The summed E-state index contributed by atoms with van der Waals surface area (Å²) in [6, 6.07) is 29.2. The second-order valence-electron chi connectivity index (χ2n) is 9.68. The first kappa shape index (κ1) is 24.8. The van der Waals surface area contributed by atoms with Crippen LogP contribution < -0.4 is 5.01 Å². The number of hydrazine groups is 1. The molecule has 6 heteroatoms. The van der Waals surface area contributed by atoms with Gasteiger partial charge in [-0.1, -0.05) is 78.9 Å². The third-order valence-corrected chi connectivity index (χ3v) is 7.37. The lowest BCUT2D eigenvalue weighted by atomic mass is 9.82. The van der Waals surface area contributed by atoms with Gasteiger partial charge in [0.2, 0.25) is 0 Å². The van der Waals surface area contributed by atoms with E-state index in [2.05, 4.69) is 74.6 Å². The van der Waals surface area contributed by atoms with Crippen molar-refractivity contribution in [2.24, 2.45) is 5.92 Å². The Morgan fingerprint density at radius 3 is 2.43 bits per heavy atom. The number of aromatic nitrogens is 2. The van der Waals surface area contributed by atoms with Crippen LogP contribution in [0.4, 0.5) is 5.69 Å². The second kappa shape index (κ2) is 11.4. The van der Waals surface area contributed by atoms with Crippen molar-refractivity contribution in [3.63, 3.8) is 0 Å². The van der Waals surface area contributed by atoms with Crippen LogP contribution in [-0.2, 0) is 28.9 Å². The number of carbonyl (C=O) groups is 1. The highest BCUT2D eigenvalue weighted by molar-refractivity contribution is 5.78. The Bertz CT molecular complexity index is 1310. The predicted octanol–water partition coefficient (Wildman–Crippen LogP) is 5.31. The third-order valence-electron chi connectivity index (χ3n) is 7.37. The molecule has 0 spiro atoms. The van der Waals surface area contributed by atoms with E-state index in [1.165, 1.54) is 23.9 Å². The smallest absolute Gasteiger partial charge is 0.313 e. The molecule has 2 atom stereocenters. The van der Waals surface area contributed by atoms with E-state index in [-0.39, 0.29) is 17.8 Å². The van der Waals surface area contributed by atoms with E-state index in [1.807, 2.05) is 37.3 Å². The summed E-state index contributed by atoms with van der Waals surface area (Å²) < 4.78 is 5.36. The van der Waals surface area contributed by atoms with Gasteiger partial charge in [0.25, 0.3) is 0 Å². The molecule has 1 aliphatic rings. The number of imidazole rings is 1. The van der Waals surface area contributed by atoms with Gasteiger partial charge in [0.05, 0.1) is 43.0 Å².